The Bertz CT molecular complexity index is 746. The molecule has 0 amide bonds. The third-order valence-electron chi connectivity index (χ3n) is 3.72. The Hall–Kier alpha value is -2.60. The number of ether oxygens (including phenoxy) is 1. The normalized spacial score (nSPS) is 11.1. The number of rotatable bonds is 8. The molecule has 0 spiro atoms. The number of nitrogens with one attached hydrogen (secondary N) is 2. The van der Waals surface area contributed by atoms with Gasteiger partial charge in [-0.3, -0.25) is 0 Å². The topological polar surface area (TPSA) is 75.6 Å². The van der Waals surface area contributed by atoms with E-state index in [-0.39, 0.29) is 5.97 Å². The summed E-state index contributed by atoms with van der Waals surface area (Å²) in [6.07, 6.45) is 2.60. The van der Waals surface area contributed by atoms with E-state index in [0.717, 1.165) is 36.6 Å². The predicted molar refractivity (Wildman–Crippen MR) is 108 cm³/mol. The first kappa shape index (κ1) is 20.7. The highest BCUT2D eigenvalue weighted by Crippen LogP contribution is 2.08. The van der Waals surface area contributed by atoms with Crippen molar-refractivity contribution in [3.63, 3.8) is 0 Å². The first-order valence-electron chi connectivity index (χ1n) is 9.01. The van der Waals surface area contributed by atoms with E-state index in [1.54, 1.807) is 31.3 Å². The molecule has 0 atom stereocenters. The van der Waals surface area contributed by atoms with E-state index in [9.17, 15) is 4.79 Å². The second kappa shape index (κ2) is 11.2. The van der Waals surface area contributed by atoms with Crippen molar-refractivity contribution in [1.29, 1.82) is 0 Å². The fourth-order valence-corrected chi connectivity index (χ4v) is 2.46. The molecule has 2 aromatic rings. The van der Waals surface area contributed by atoms with E-state index >= 15 is 0 Å². The lowest BCUT2D eigenvalue weighted by Crippen LogP contribution is -2.38. The number of benzene rings is 1. The minimum Gasteiger partial charge on any atom is -0.462 e. The van der Waals surface area contributed by atoms with Gasteiger partial charge in [0.15, 0.2) is 5.96 Å². The van der Waals surface area contributed by atoms with E-state index in [1.165, 1.54) is 0 Å². The van der Waals surface area contributed by atoms with Crippen molar-refractivity contribution in [3.05, 3.63) is 64.4 Å². The summed E-state index contributed by atoms with van der Waals surface area (Å²) in [5.41, 5.74) is 2.67. The molecular weight excluding hydrogens is 364 g/mol. The zero-order valence-corrected chi connectivity index (χ0v) is 16.4. The van der Waals surface area contributed by atoms with Gasteiger partial charge >= 0.3 is 5.97 Å². The molecule has 7 heteroatoms. The Morgan fingerprint density at radius 3 is 2.48 bits per heavy atom. The molecule has 0 saturated carbocycles. The summed E-state index contributed by atoms with van der Waals surface area (Å²) in [5.74, 6) is 0.438. The lowest BCUT2D eigenvalue weighted by molar-refractivity contribution is 0.0526. The van der Waals surface area contributed by atoms with E-state index in [4.69, 9.17) is 16.3 Å². The maximum absolute atomic E-state index is 11.7. The molecule has 27 heavy (non-hydrogen) atoms. The van der Waals surface area contributed by atoms with Gasteiger partial charge in [0, 0.05) is 19.3 Å². The first-order valence-corrected chi connectivity index (χ1v) is 9.38. The maximum Gasteiger partial charge on any atom is 0.338 e. The highest BCUT2D eigenvalue weighted by molar-refractivity contribution is 6.29. The van der Waals surface area contributed by atoms with Crippen molar-refractivity contribution in [1.82, 2.24) is 15.6 Å². The van der Waals surface area contributed by atoms with Crippen LogP contribution in [0.15, 0.2) is 47.6 Å². The van der Waals surface area contributed by atoms with Gasteiger partial charge in [-0.15, -0.1) is 0 Å². The van der Waals surface area contributed by atoms with Gasteiger partial charge < -0.3 is 15.4 Å². The van der Waals surface area contributed by atoms with Crippen LogP contribution in [0, 0.1) is 0 Å². The number of esters is 1. The summed E-state index contributed by atoms with van der Waals surface area (Å²) >= 11 is 5.80. The Kier molecular flexibility index (Phi) is 8.58. The number of nitrogens with zero attached hydrogens (tertiary/aromatic N) is 2. The fraction of sp³-hybridized carbons (Fsp3) is 0.350. The summed E-state index contributed by atoms with van der Waals surface area (Å²) in [5, 5.41) is 7.02. The van der Waals surface area contributed by atoms with E-state index in [2.05, 4.69) is 20.6 Å². The zero-order valence-electron chi connectivity index (χ0n) is 15.7. The number of carbonyl (C=O) groups excluding carboxylic acids is 1. The van der Waals surface area contributed by atoms with Crippen molar-refractivity contribution in [2.45, 2.75) is 26.8 Å². The van der Waals surface area contributed by atoms with Crippen LogP contribution in [-0.2, 0) is 17.7 Å². The van der Waals surface area contributed by atoms with Gasteiger partial charge in [0.25, 0.3) is 0 Å². The minimum absolute atomic E-state index is 0.306. The number of halogens is 1. The summed E-state index contributed by atoms with van der Waals surface area (Å²) in [7, 11) is 0. The van der Waals surface area contributed by atoms with Crippen molar-refractivity contribution >= 4 is 23.5 Å². The van der Waals surface area contributed by atoms with Crippen molar-refractivity contribution in [2.24, 2.45) is 4.99 Å². The van der Waals surface area contributed by atoms with Crippen LogP contribution in [0.1, 0.15) is 35.3 Å². The largest absolute Gasteiger partial charge is 0.462 e. The van der Waals surface area contributed by atoms with Gasteiger partial charge in [-0.05, 0) is 49.6 Å². The molecule has 0 bridgehead atoms. The number of carbonyl (C=O) groups is 1. The highest BCUT2D eigenvalue weighted by atomic mass is 35.5. The molecule has 144 valence electrons. The molecule has 0 aliphatic heterocycles. The molecule has 2 rings (SSSR count). The van der Waals surface area contributed by atoms with Gasteiger partial charge in [0.1, 0.15) is 5.15 Å². The van der Waals surface area contributed by atoms with E-state index in [0.29, 0.717) is 23.9 Å². The number of hydrogen-bond donors (Lipinski definition) is 2. The van der Waals surface area contributed by atoms with Gasteiger partial charge in [0.2, 0.25) is 0 Å². The van der Waals surface area contributed by atoms with Crippen molar-refractivity contribution in [3.8, 4) is 0 Å². The summed E-state index contributed by atoms with van der Waals surface area (Å²) in [6.45, 7) is 6.21. The van der Waals surface area contributed by atoms with Gasteiger partial charge in [-0.2, -0.15) is 0 Å². The molecule has 1 aromatic heterocycles. The predicted octanol–water partition coefficient (Wildman–Crippen LogP) is 3.21. The molecule has 0 radical (unpaired) electrons. The number of guanidine groups is 1. The minimum atomic E-state index is -0.306. The number of pyridine rings is 1. The van der Waals surface area contributed by atoms with Crippen LogP contribution in [0.4, 0.5) is 0 Å². The monoisotopic (exact) mass is 388 g/mol. The molecule has 0 saturated heterocycles. The Balaban J connectivity index is 1.88. The molecule has 0 aliphatic rings. The van der Waals surface area contributed by atoms with Crippen LogP contribution in [0.2, 0.25) is 5.15 Å². The molecule has 2 N–H and O–H groups in total. The molecule has 1 heterocycles. The van der Waals surface area contributed by atoms with Gasteiger partial charge in [-0.1, -0.05) is 29.8 Å². The van der Waals surface area contributed by atoms with E-state index < -0.39 is 0 Å². The first-order chi connectivity index (χ1) is 13.1. The van der Waals surface area contributed by atoms with E-state index in [1.807, 2.05) is 25.1 Å². The third kappa shape index (κ3) is 7.27. The maximum atomic E-state index is 11.7. The average Bonchev–Trinajstić information content (AvgIpc) is 2.68. The van der Waals surface area contributed by atoms with Crippen molar-refractivity contribution in [2.75, 3.05) is 19.7 Å². The lowest BCUT2D eigenvalue weighted by atomic mass is 10.1. The summed E-state index contributed by atoms with van der Waals surface area (Å²) in [4.78, 5) is 20.3. The quantitative estimate of drug-likeness (QED) is 0.314. The summed E-state index contributed by atoms with van der Waals surface area (Å²) in [6, 6.07) is 11.0. The third-order valence-corrected chi connectivity index (χ3v) is 3.95. The Morgan fingerprint density at radius 1 is 1.11 bits per heavy atom. The Labute approximate surface area is 165 Å². The van der Waals surface area contributed by atoms with Crippen LogP contribution in [-0.4, -0.2) is 36.6 Å². The van der Waals surface area contributed by atoms with Crippen LogP contribution in [0.5, 0.6) is 0 Å². The lowest BCUT2D eigenvalue weighted by Gasteiger charge is -2.11. The standard InChI is InChI=1S/C20H25ClN4O2/c1-3-22-20(23-12-11-16-7-10-18(21)24-13-16)25-14-15-5-8-17(9-6-15)19(26)27-4-2/h5-10,13H,3-4,11-12,14H2,1-2H3,(H2,22,23,25). The molecule has 1 aromatic carbocycles. The molecule has 0 fully saturated rings. The second-order valence-corrected chi connectivity index (χ2v) is 6.17. The average molecular weight is 389 g/mol. The number of aromatic nitrogens is 1. The van der Waals surface area contributed by atoms with Crippen LogP contribution >= 0.6 is 11.6 Å². The Morgan fingerprint density at radius 2 is 1.85 bits per heavy atom. The van der Waals surface area contributed by atoms with Crippen LogP contribution in [0.3, 0.4) is 0 Å². The molecule has 0 aliphatic carbocycles. The smallest absolute Gasteiger partial charge is 0.338 e. The molecule has 6 nitrogen and oxygen atoms in total. The van der Waals surface area contributed by atoms with Crippen LogP contribution in [0.25, 0.3) is 0 Å². The highest BCUT2D eigenvalue weighted by Gasteiger charge is 2.05. The summed E-state index contributed by atoms with van der Waals surface area (Å²) < 4.78 is 4.99. The van der Waals surface area contributed by atoms with Crippen molar-refractivity contribution < 1.29 is 9.53 Å². The SMILES string of the molecule is CCNC(=NCc1ccc(C(=O)OCC)cc1)NCCc1ccc(Cl)nc1. The van der Waals surface area contributed by atoms with Crippen LogP contribution < -0.4 is 10.6 Å². The fourth-order valence-electron chi connectivity index (χ4n) is 2.35. The number of aliphatic imine (C=N–C) groups is 1. The zero-order chi connectivity index (χ0) is 19.5. The van der Waals surface area contributed by atoms with Gasteiger partial charge in [-0.25, -0.2) is 14.8 Å². The molecule has 0 unspecified atom stereocenters. The number of hydrogen-bond acceptors (Lipinski definition) is 4. The van der Waals surface area contributed by atoms with Gasteiger partial charge in [0.05, 0.1) is 18.7 Å². The molecular formula is C20H25ClN4O2. The second-order valence-electron chi connectivity index (χ2n) is 5.78.